The summed E-state index contributed by atoms with van der Waals surface area (Å²) in [7, 11) is 0. The minimum absolute atomic E-state index is 0.0777. The van der Waals surface area contributed by atoms with Crippen LogP contribution < -0.4 is 0 Å². The fourth-order valence-corrected chi connectivity index (χ4v) is 8.62. The molecule has 0 saturated heterocycles. The van der Waals surface area contributed by atoms with Crippen molar-refractivity contribution in [1.82, 2.24) is 4.57 Å². The second kappa shape index (κ2) is 10.0. The molecule has 1 heterocycles. The molecule has 0 unspecified atom stereocenters. The normalized spacial score (nSPS) is 13.4. The Bertz CT molecular complexity index is 2690. The summed E-state index contributed by atoms with van der Waals surface area (Å²) < 4.78 is 2.51. The van der Waals surface area contributed by atoms with Gasteiger partial charge in [0.15, 0.2) is 0 Å². The van der Waals surface area contributed by atoms with Gasteiger partial charge >= 0.3 is 0 Å². The van der Waals surface area contributed by atoms with Crippen molar-refractivity contribution in [3.05, 3.63) is 175 Å². The zero-order chi connectivity index (χ0) is 32.0. The van der Waals surface area contributed by atoms with Crippen LogP contribution >= 0.6 is 0 Å². The molecule has 8 aromatic carbocycles. The maximum Gasteiger partial charge on any atom is 0.0619 e. The first-order chi connectivity index (χ1) is 23.6. The van der Waals surface area contributed by atoms with E-state index >= 15 is 0 Å². The van der Waals surface area contributed by atoms with Gasteiger partial charge in [0, 0.05) is 27.0 Å². The lowest BCUT2D eigenvalue weighted by atomic mass is 9.81. The third-order valence-electron chi connectivity index (χ3n) is 10.8. The van der Waals surface area contributed by atoms with Gasteiger partial charge in [-0.2, -0.15) is 0 Å². The van der Waals surface area contributed by atoms with Gasteiger partial charge in [-0.05, 0) is 73.5 Å². The van der Waals surface area contributed by atoms with Gasteiger partial charge in [0.25, 0.3) is 0 Å². The van der Waals surface area contributed by atoms with Crippen LogP contribution in [0.5, 0.6) is 0 Å². The number of fused-ring (bicyclic) bond motifs is 8. The first-order valence-electron chi connectivity index (χ1n) is 16.9. The van der Waals surface area contributed by atoms with Crippen molar-refractivity contribution < 1.29 is 0 Å². The lowest BCUT2D eigenvalue weighted by Gasteiger charge is -2.23. The molecule has 0 spiro atoms. The van der Waals surface area contributed by atoms with Crippen LogP contribution in [-0.4, -0.2) is 4.57 Å². The van der Waals surface area contributed by atoms with Crippen LogP contribution in [0.2, 0.25) is 0 Å². The highest BCUT2D eigenvalue weighted by Crippen LogP contribution is 2.54. The van der Waals surface area contributed by atoms with Crippen molar-refractivity contribution >= 4 is 43.4 Å². The van der Waals surface area contributed by atoms with E-state index in [0.717, 1.165) is 0 Å². The average molecular weight is 612 g/mol. The predicted molar refractivity (Wildman–Crippen MR) is 204 cm³/mol. The molecular formula is C47H33N. The zero-order valence-electron chi connectivity index (χ0n) is 27.0. The summed E-state index contributed by atoms with van der Waals surface area (Å²) in [6, 6.07) is 60.6. The van der Waals surface area contributed by atoms with E-state index in [4.69, 9.17) is 0 Å². The van der Waals surface area contributed by atoms with Crippen molar-refractivity contribution in [2.45, 2.75) is 19.3 Å². The first-order valence-corrected chi connectivity index (χ1v) is 16.9. The number of hydrogen-bond donors (Lipinski definition) is 0. The Balaban J connectivity index is 1.41. The Kier molecular flexibility index (Phi) is 5.69. The molecule has 1 heteroatoms. The molecule has 0 bridgehead atoms. The second-order valence-corrected chi connectivity index (χ2v) is 13.7. The number of benzene rings is 8. The monoisotopic (exact) mass is 611 g/mol. The van der Waals surface area contributed by atoms with Crippen LogP contribution in [0.15, 0.2) is 164 Å². The van der Waals surface area contributed by atoms with Gasteiger partial charge in [-0.15, -0.1) is 0 Å². The SMILES string of the molecule is CC1(C)c2ccccc2-c2c(-c3c4ccccc4c(-n4c5ccccc5c5ccccc54)c4ccc(-c5ccccc5)cc34)cccc21. The Morgan fingerprint density at radius 3 is 1.69 bits per heavy atom. The highest BCUT2D eigenvalue weighted by Gasteiger charge is 2.37. The average Bonchev–Trinajstić information content (AvgIpc) is 3.59. The lowest BCUT2D eigenvalue weighted by Crippen LogP contribution is -2.14. The number of rotatable bonds is 3. The van der Waals surface area contributed by atoms with Gasteiger partial charge < -0.3 is 4.57 Å². The molecule has 0 aliphatic heterocycles. The van der Waals surface area contributed by atoms with E-state index in [1.165, 1.54) is 93.5 Å². The largest absolute Gasteiger partial charge is 0.308 e. The van der Waals surface area contributed by atoms with E-state index in [0.29, 0.717) is 0 Å². The summed E-state index contributed by atoms with van der Waals surface area (Å²) in [5.74, 6) is 0. The molecular weight excluding hydrogens is 579 g/mol. The molecule has 1 aromatic heterocycles. The van der Waals surface area contributed by atoms with Gasteiger partial charge in [-0.25, -0.2) is 0 Å². The van der Waals surface area contributed by atoms with Crippen LogP contribution in [0.4, 0.5) is 0 Å². The quantitative estimate of drug-likeness (QED) is 0.175. The molecule has 0 amide bonds. The molecule has 0 radical (unpaired) electrons. The van der Waals surface area contributed by atoms with Crippen molar-refractivity contribution in [3.63, 3.8) is 0 Å². The summed E-state index contributed by atoms with van der Waals surface area (Å²) >= 11 is 0. The molecule has 1 aliphatic rings. The zero-order valence-corrected chi connectivity index (χ0v) is 27.0. The van der Waals surface area contributed by atoms with Crippen molar-refractivity contribution in [2.24, 2.45) is 0 Å². The van der Waals surface area contributed by atoms with E-state index in [1.54, 1.807) is 0 Å². The molecule has 0 atom stereocenters. The van der Waals surface area contributed by atoms with E-state index in [-0.39, 0.29) is 5.41 Å². The summed E-state index contributed by atoms with van der Waals surface area (Å²) in [5, 5.41) is 7.58. The Labute approximate surface area is 280 Å². The number of aromatic nitrogens is 1. The third-order valence-corrected chi connectivity index (χ3v) is 10.8. The van der Waals surface area contributed by atoms with E-state index in [2.05, 4.69) is 182 Å². The summed E-state index contributed by atoms with van der Waals surface area (Å²) in [4.78, 5) is 0. The molecule has 0 N–H and O–H groups in total. The molecule has 9 aromatic rings. The highest BCUT2D eigenvalue weighted by atomic mass is 15.0. The van der Waals surface area contributed by atoms with E-state index in [1.807, 2.05) is 0 Å². The first kappa shape index (κ1) is 27.2. The summed E-state index contributed by atoms with van der Waals surface area (Å²) in [6.45, 7) is 4.74. The van der Waals surface area contributed by atoms with Crippen LogP contribution in [0.3, 0.4) is 0 Å². The second-order valence-electron chi connectivity index (χ2n) is 13.7. The van der Waals surface area contributed by atoms with Crippen LogP contribution in [0, 0.1) is 0 Å². The van der Waals surface area contributed by atoms with Crippen molar-refractivity contribution in [2.75, 3.05) is 0 Å². The molecule has 48 heavy (non-hydrogen) atoms. The third kappa shape index (κ3) is 3.67. The molecule has 1 nitrogen and oxygen atoms in total. The summed E-state index contributed by atoms with van der Waals surface area (Å²) in [6.07, 6.45) is 0. The Morgan fingerprint density at radius 2 is 0.938 bits per heavy atom. The van der Waals surface area contributed by atoms with Crippen LogP contribution in [-0.2, 0) is 5.41 Å². The topological polar surface area (TPSA) is 4.93 Å². The minimum Gasteiger partial charge on any atom is -0.308 e. The maximum atomic E-state index is 2.51. The van der Waals surface area contributed by atoms with Crippen LogP contribution in [0.25, 0.3) is 82.4 Å². The molecule has 0 saturated carbocycles. The fraction of sp³-hybridized carbons (Fsp3) is 0.0638. The maximum absolute atomic E-state index is 2.51. The van der Waals surface area contributed by atoms with Gasteiger partial charge in [-0.3, -0.25) is 0 Å². The standard InChI is InChI=1S/C47H33N/c1-47(2)40-23-11-8-21-37(40)45-38(22-14-24-41(45)47)44-34-19-6-7-20-35(34)46(36-28-27-31(29-39(36)44)30-15-4-3-5-16-30)48-42-25-12-9-17-32(42)33-18-10-13-26-43(33)48/h3-29H,1-2H3. The number of para-hydroxylation sites is 2. The fourth-order valence-electron chi connectivity index (χ4n) is 8.62. The molecule has 226 valence electrons. The molecule has 0 fully saturated rings. The Morgan fingerprint density at radius 1 is 0.375 bits per heavy atom. The number of hydrogen-bond acceptors (Lipinski definition) is 0. The molecule has 10 rings (SSSR count). The van der Waals surface area contributed by atoms with Crippen molar-refractivity contribution in [3.8, 4) is 39.1 Å². The highest BCUT2D eigenvalue weighted by molar-refractivity contribution is 6.22. The smallest absolute Gasteiger partial charge is 0.0619 e. The van der Waals surface area contributed by atoms with E-state index < -0.39 is 0 Å². The summed E-state index contributed by atoms with van der Waals surface area (Å²) in [5.41, 5.74) is 14.1. The van der Waals surface area contributed by atoms with Gasteiger partial charge in [0.1, 0.15) is 0 Å². The van der Waals surface area contributed by atoms with Crippen LogP contribution in [0.1, 0.15) is 25.0 Å². The van der Waals surface area contributed by atoms with Gasteiger partial charge in [-0.1, -0.05) is 159 Å². The minimum atomic E-state index is -0.0777. The van der Waals surface area contributed by atoms with Gasteiger partial charge in [0.05, 0.1) is 16.7 Å². The molecule has 1 aliphatic carbocycles. The lowest BCUT2D eigenvalue weighted by molar-refractivity contribution is 0.660. The number of nitrogens with zero attached hydrogens (tertiary/aromatic N) is 1. The van der Waals surface area contributed by atoms with E-state index in [9.17, 15) is 0 Å². The predicted octanol–water partition coefficient (Wildman–Crippen LogP) is 12.7. The van der Waals surface area contributed by atoms with Crippen molar-refractivity contribution in [1.29, 1.82) is 0 Å². The Hall–Kier alpha value is -5.92. The van der Waals surface area contributed by atoms with Gasteiger partial charge in [0.2, 0.25) is 0 Å².